The molecule has 2 N–H and O–H groups in total. The Labute approximate surface area is 374 Å². The van der Waals surface area contributed by atoms with Crippen molar-refractivity contribution in [3.05, 3.63) is 0 Å². The molecule has 0 fully saturated rings. The van der Waals surface area contributed by atoms with E-state index in [1.54, 1.807) is 0 Å². The zero-order valence-electron chi connectivity index (χ0n) is 40.8. The van der Waals surface area contributed by atoms with Gasteiger partial charge in [0.1, 0.15) is 0 Å². The fourth-order valence-corrected chi connectivity index (χ4v) is 8.81. The van der Waals surface area contributed by atoms with E-state index >= 15 is 0 Å². The normalized spacial score (nSPS) is 13.2. The molecule has 3 atom stereocenters. The van der Waals surface area contributed by atoms with Crippen molar-refractivity contribution in [1.82, 2.24) is 4.90 Å². The van der Waals surface area contributed by atoms with E-state index in [0.717, 1.165) is 108 Å². The van der Waals surface area contributed by atoms with Crippen molar-refractivity contribution in [3.8, 4) is 0 Å². The summed E-state index contributed by atoms with van der Waals surface area (Å²) in [5.74, 6) is 1.54. The molecule has 0 aliphatic heterocycles. The Morgan fingerprint density at radius 2 is 0.750 bits per heavy atom. The summed E-state index contributed by atoms with van der Waals surface area (Å²) in [5, 5.41) is 20.1. The van der Waals surface area contributed by atoms with Gasteiger partial charge in [0, 0.05) is 26.0 Å². The van der Waals surface area contributed by atoms with Crippen LogP contribution < -0.4 is 0 Å². The van der Waals surface area contributed by atoms with Crippen LogP contribution in [0.3, 0.4) is 0 Å². The van der Waals surface area contributed by atoms with E-state index in [2.05, 4.69) is 32.6 Å². The van der Waals surface area contributed by atoms with Crippen LogP contribution >= 0.6 is 0 Å². The van der Waals surface area contributed by atoms with Gasteiger partial charge < -0.3 is 24.6 Å². The molecular weight excluding hydrogens is 747 g/mol. The first-order chi connectivity index (χ1) is 29.4. The number of esters is 2. The van der Waals surface area contributed by atoms with Gasteiger partial charge in [-0.2, -0.15) is 0 Å². The molecule has 7 heteroatoms. The highest BCUT2D eigenvalue weighted by Gasteiger charge is 2.14. The van der Waals surface area contributed by atoms with Crippen LogP contribution in [0.25, 0.3) is 0 Å². The zero-order valence-corrected chi connectivity index (χ0v) is 40.8. The van der Waals surface area contributed by atoms with E-state index in [4.69, 9.17) is 9.47 Å². The highest BCUT2D eigenvalue weighted by molar-refractivity contribution is 5.69. The molecule has 0 amide bonds. The number of ether oxygens (including phenoxy) is 2. The molecule has 60 heavy (non-hydrogen) atoms. The van der Waals surface area contributed by atoms with Gasteiger partial charge in [-0.15, -0.1) is 0 Å². The Bertz CT molecular complexity index is 885. The summed E-state index contributed by atoms with van der Waals surface area (Å²) in [4.78, 5) is 27.2. The molecule has 0 radical (unpaired) electrons. The molecule has 0 aliphatic carbocycles. The van der Waals surface area contributed by atoms with Crippen molar-refractivity contribution in [2.75, 3.05) is 39.5 Å². The monoisotopic (exact) mass is 852 g/mol. The Morgan fingerprint density at radius 3 is 1.20 bits per heavy atom. The summed E-state index contributed by atoms with van der Waals surface area (Å²) in [6.45, 7) is 12.9. The first-order valence-electron chi connectivity index (χ1n) is 26.7. The molecule has 7 nitrogen and oxygen atoms in total. The van der Waals surface area contributed by atoms with Gasteiger partial charge in [0.05, 0.1) is 19.3 Å². The fraction of sp³-hybridized carbons (Fsp3) is 0.962. The van der Waals surface area contributed by atoms with Gasteiger partial charge in [0.15, 0.2) is 0 Å². The first kappa shape index (κ1) is 58.8. The lowest BCUT2D eigenvalue weighted by atomic mass is 9.90. The van der Waals surface area contributed by atoms with Gasteiger partial charge in [-0.3, -0.25) is 9.59 Å². The standard InChI is InChI=1S/C53H105NO6/c1-5-9-13-15-22-36-49(34-20-11-7-3)38-24-26-41-52(57)59-46-32-18-17-29-43-54(44-30-19-31-45-55)48-51(56)40-28-33-47-60-53(58)42-27-25-39-50(35-21-12-8-4)37-23-16-14-10-6-2/h49-51,55-56H,5-48H2,1-4H3/t49?,50?,51-/m1/s1. The average molecular weight is 852 g/mol. The predicted molar refractivity (Wildman–Crippen MR) is 257 cm³/mol. The maximum atomic E-state index is 12.4. The molecular formula is C53H105NO6. The minimum atomic E-state index is -0.391. The molecule has 0 saturated heterocycles. The molecule has 2 unspecified atom stereocenters. The minimum absolute atomic E-state index is 0.0336. The highest BCUT2D eigenvalue weighted by atomic mass is 16.5. The van der Waals surface area contributed by atoms with Crippen LogP contribution in [0.2, 0.25) is 0 Å². The third-order valence-electron chi connectivity index (χ3n) is 12.8. The van der Waals surface area contributed by atoms with Crippen LogP contribution in [0.5, 0.6) is 0 Å². The summed E-state index contributed by atoms with van der Waals surface area (Å²) in [6, 6.07) is 0. The lowest BCUT2D eigenvalue weighted by Gasteiger charge is -2.25. The second kappa shape index (κ2) is 47.3. The molecule has 0 saturated carbocycles. The second-order valence-corrected chi connectivity index (χ2v) is 18.7. The first-order valence-corrected chi connectivity index (χ1v) is 26.7. The van der Waals surface area contributed by atoms with Crippen LogP contribution in [-0.4, -0.2) is 72.6 Å². The molecule has 0 aromatic rings. The number of rotatable bonds is 49. The molecule has 0 rings (SSSR count). The topological polar surface area (TPSA) is 96.3 Å². The average Bonchev–Trinajstić information content (AvgIpc) is 3.24. The molecule has 0 spiro atoms. The summed E-state index contributed by atoms with van der Waals surface area (Å²) in [5.41, 5.74) is 0. The maximum absolute atomic E-state index is 12.4. The van der Waals surface area contributed by atoms with Crippen LogP contribution in [0.1, 0.15) is 272 Å². The van der Waals surface area contributed by atoms with Crippen LogP contribution in [0.4, 0.5) is 0 Å². The van der Waals surface area contributed by atoms with Crippen molar-refractivity contribution >= 4 is 11.9 Å². The van der Waals surface area contributed by atoms with Crippen molar-refractivity contribution in [3.63, 3.8) is 0 Å². The number of aliphatic hydroxyl groups excluding tert-OH is 2. The predicted octanol–water partition coefficient (Wildman–Crippen LogP) is 14.9. The zero-order chi connectivity index (χ0) is 44.0. The summed E-state index contributed by atoms with van der Waals surface area (Å²) >= 11 is 0. The number of unbranched alkanes of at least 4 members (excludes halogenated alkanes) is 20. The molecule has 0 aliphatic rings. The molecule has 0 aromatic heterocycles. The second-order valence-electron chi connectivity index (χ2n) is 18.7. The van der Waals surface area contributed by atoms with Gasteiger partial charge in [-0.1, -0.05) is 195 Å². The number of hydrogen-bond donors (Lipinski definition) is 2. The number of hydrogen-bond acceptors (Lipinski definition) is 7. The molecule has 0 aromatic carbocycles. The Morgan fingerprint density at radius 1 is 0.417 bits per heavy atom. The van der Waals surface area contributed by atoms with Crippen LogP contribution in [0.15, 0.2) is 0 Å². The van der Waals surface area contributed by atoms with Gasteiger partial charge in [0.2, 0.25) is 0 Å². The van der Waals surface area contributed by atoms with E-state index in [0.29, 0.717) is 39.0 Å². The smallest absolute Gasteiger partial charge is 0.305 e. The fourth-order valence-electron chi connectivity index (χ4n) is 8.81. The lowest BCUT2D eigenvalue weighted by molar-refractivity contribution is -0.144. The van der Waals surface area contributed by atoms with Crippen molar-refractivity contribution in [1.29, 1.82) is 0 Å². The Hall–Kier alpha value is -1.18. The molecule has 0 heterocycles. The largest absolute Gasteiger partial charge is 0.466 e. The van der Waals surface area contributed by atoms with Gasteiger partial charge in [-0.25, -0.2) is 0 Å². The number of carbonyl (C=O) groups is 2. The quantitative estimate of drug-likeness (QED) is 0.0465. The number of nitrogens with zero attached hydrogens (tertiary/aromatic N) is 1. The molecule has 0 bridgehead atoms. The third-order valence-corrected chi connectivity index (χ3v) is 12.8. The van der Waals surface area contributed by atoms with Crippen LogP contribution in [0, 0.1) is 11.8 Å². The summed E-state index contributed by atoms with van der Waals surface area (Å²) < 4.78 is 11.1. The van der Waals surface area contributed by atoms with Gasteiger partial charge >= 0.3 is 11.9 Å². The SMILES string of the molecule is CCCCCCCC(CCCCC)CCCCC(=O)OCCCCCCN(CCCCCO)C[C@H](O)CCCCOC(=O)CCCCC(CCCCC)CCCCCCC. The molecule has 358 valence electrons. The summed E-state index contributed by atoms with van der Waals surface area (Å²) in [6.07, 6.45) is 43.5. The summed E-state index contributed by atoms with van der Waals surface area (Å²) in [7, 11) is 0. The van der Waals surface area contributed by atoms with E-state index in [1.807, 2.05) is 0 Å². The number of aliphatic hydroxyl groups is 2. The van der Waals surface area contributed by atoms with Crippen molar-refractivity contribution in [2.24, 2.45) is 11.8 Å². The highest BCUT2D eigenvalue weighted by Crippen LogP contribution is 2.25. The van der Waals surface area contributed by atoms with Gasteiger partial charge in [0.25, 0.3) is 0 Å². The van der Waals surface area contributed by atoms with Crippen molar-refractivity contribution < 1.29 is 29.3 Å². The minimum Gasteiger partial charge on any atom is -0.466 e. The van der Waals surface area contributed by atoms with Gasteiger partial charge in [-0.05, 0) is 89.1 Å². The number of carbonyl (C=O) groups excluding carboxylic acids is 2. The Kier molecular flexibility index (Phi) is 46.4. The van der Waals surface area contributed by atoms with E-state index in [-0.39, 0.29) is 18.5 Å². The van der Waals surface area contributed by atoms with E-state index in [1.165, 1.54) is 141 Å². The van der Waals surface area contributed by atoms with E-state index in [9.17, 15) is 19.8 Å². The van der Waals surface area contributed by atoms with E-state index < -0.39 is 6.10 Å². The maximum Gasteiger partial charge on any atom is 0.305 e. The third kappa shape index (κ3) is 42.1. The lowest BCUT2D eigenvalue weighted by Crippen LogP contribution is -2.34. The van der Waals surface area contributed by atoms with Crippen molar-refractivity contribution in [2.45, 2.75) is 278 Å². The Balaban J connectivity index is 4.22. The van der Waals surface area contributed by atoms with Crippen LogP contribution in [-0.2, 0) is 19.1 Å².